The SMILES string of the molecule is Cc1cc(C)nc(N2CS(=O)C[C@@H]2C(=O)N(c2ccc(F)cc2)C2CC2)c1. The summed E-state index contributed by atoms with van der Waals surface area (Å²) in [5.41, 5.74) is 2.61. The lowest BCUT2D eigenvalue weighted by atomic mass is 10.2. The van der Waals surface area contributed by atoms with Gasteiger partial charge in [0, 0.05) is 28.2 Å². The molecule has 27 heavy (non-hydrogen) atoms. The van der Waals surface area contributed by atoms with E-state index in [1.807, 2.05) is 30.9 Å². The molecule has 1 unspecified atom stereocenters. The van der Waals surface area contributed by atoms with Gasteiger partial charge in [-0.05, 0) is 68.7 Å². The summed E-state index contributed by atoms with van der Waals surface area (Å²) in [5, 5.41) is 0. The highest BCUT2D eigenvalue weighted by atomic mass is 32.2. The average molecular weight is 387 g/mol. The fourth-order valence-electron chi connectivity index (χ4n) is 3.57. The van der Waals surface area contributed by atoms with Gasteiger partial charge in [-0.3, -0.25) is 9.00 Å². The van der Waals surface area contributed by atoms with Crippen LogP contribution < -0.4 is 9.80 Å². The number of halogens is 1. The van der Waals surface area contributed by atoms with Crippen LogP contribution in [0.25, 0.3) is 0 Å². The monoisotopic (exact) mass is 387 g/mol. The fourth-order valence-corrected chi connectivity index (χ4v) is 4.98. The van der Waals surface area contributed by atoms with Crippen LogP contribution in [-0.4, -0.2) is 38.8 Å². The molecule has 0 bridgehead atoms. The van der Waals surface area contributed by atoms with Crippen LogP contribution in [0.5, 0.6) is 0 Å². The number of anilines is 2. The third-order valence-electron chi connectivity index (χ3n) is 4.92. The molecule has 7 heteroatoms. The van der Waals surface area contributed by atoms with Crippen LogP contribution in [0.1, 0.15) is 24.1 Å². The van der Waals surface area contributed by atoms with Gasteiger partial charge in [0.05, 0.1) is 11.6 Å². The van der Waals surface area contributed by atoms with E-state index in [-0.39, 0.29) is 23.5 Å². The molecule has 1 aliphatic heterocycles. The lowest BCUT2D eigenvalue weighted by Crippen LogP contribution is -2.48. The number of rotatable bonds is 4. The molecule has 2 atom stereocenters. The number of benzene rings is 1. The molecule has 2 aromatic rings. The topological polar surface area (TPSA) is 53.5 Å². The number of aryl methyl sites for hydroxylation is 2. The van der Waals surface area contributed by atoms with Gasteiger partial charge >= 0.3 is 0 Å². The Hall–Kier alpha value is -2.28. The number of amides is 1. The zero-order valence-electron chi connectivity index (χ0n) is 15.4. The molecule has 0 N–H and O–H groups in total. The van der Waals surface area contributed by atoms with Gasteiger partial charge in [-0.2, -0.15) is 0 Å². The molecule has 0 spiro atoms. The van der Waals surface area contributed by atoms with Gasteiger partial charge in [-0.25, -0.2) is 9.37 Å². The minimum Gasteiger partial charge on any atom is -0.332 e. The molecule has 1 aromatic carbocycles. The Labute approximate surface area is 160 Å². The van der Waals surface area contributed by atoms with Gasteiger partial charge in [-0.1, -0.05) is 0 Å². The van der Waals surface area contributed by atoms with E-state index >= 15 is 0 Å². The summed E-state index contributed by atoms with van der Waals surface area (Å²) in [6.45, 7) is 3.90. The first-order valence-electron chi connectivity index (χ1n) is 9.08. The lowest BCUT2D eigenvalue weighted by Gasteiger charge is -2.30. The maximum Gasteiger partial charge on any atom is 0.250 e. The van der Waals surface area contributed by atoms with E-state index in [1.54, 1.807) is 17.0 Å². The highest BCUT2D eigenvalue weighted by Crippen LogP contribution is 2.34. The zero-order chi connectivity index (χ0) is 19.1. The number of hydrogen-bond acceptors (Lipinski definition) is 4. The Bertz CT molecular complexity index is 878. The Morgan fingerprint density at radius 2 is 1.93 bits per heavy atom. The molecular formula is C20H22FN3O2S. The number of aromatic nitrogens is 1. The Kier molecular flexibility index (Phi) is 4.72. The normalized spacial score (nSPS) is 22.1. The minimum atomic E-state index is -1.11. The van der Waals surface area contributed by atoms with Crippen molar-refractivity contribution in [2.75, 3.05) is 21.4 Å². The molecule has 2 fully saturated rings. The first-order valence-corrected chi connectivity index (χ1v) is 10.6. The molecule has 1 amide bonds. The maximum absolute atomic E-state index is 13.4. The number of pyridine rings is 1. The molecule has 2 aliphatic rings. The predicted molar refractivity (Wildman–Crippen MR) is 105 cm³/mol. The van der Waals surface area contributed by atoms with Crippen LogP contribution in [0.15, 0.2) is 36.4 Å². The van der Waals surface area contributed by atoms with Crippen molar-refractivity contribution in [3.63, 3.8) is 0 Å². The van der Waals surface area contributed by atoms with Crippen molar-refractivity contribution < 1.29 is 13.4 Å². The first-order chi connectivity index (χ1) is 12.9. The highest BCUT2D eigenvalue weighted by Gasteiger charge is 2.43. The van der Waals surface area contributed by atoms with Gasteiger partial charge in [0.15, 0.2) is 0 Å². The summed E-state index contributed by atoms with van der Waals surface area (Å²) in [6, 6.07) is 9.52. The van der Waals surface area contributed by atoms with E-state index in [1.165, 1.54) is 12.1 Å². The largest absolute Gasteiger partial charge is 0.332 e. The third kappa shape index (κ3) is 3.74. The van der Waals surface area contributed by atoms with Gasteiger partial charge in [0.2, 0.25) is 0 Å². The van der Waals surface area contributed by atoms with Crippen molar-refractivity contribution in [1.82, 2.24) is 4.98 Å². The van der Waals surface area contributed by atoms with E-state index in [0.717, 1.165) is 24.1 Å². The smallest absolute Gasteiger partial charge is 0.250 e. The van der Waals surface area contributed by atoms with E-state index in [0.29, 0.717) is 17.4 Å². The molecule has 1 saturated carbocycles. The standard InChI is InChI=1S/C20H22FN3O2S/c1-13-9-14(2)22-19(10-13)23-12-27(26)11-18(23)20(25)24(17-7-8-17)16-5-3-15(21)4-6-16/h3-6,9-10,17-18H,7-8,11-12H2,1-2H3/t18-,27?/m1/s1. The highest BCUT2D eigenvalue weighted by molar-refractivity contribution is 7.85. The summed E-state index contributed by atoms with van der Waals surface area (Å²) in [6.07, 6.45) is 1.86. The molecule has 1 aliphatic carbocycles. The second kappa shape index (κ2) is 7.03. The van der Waals surface area contributed by atoms with Crippen LogP contribution in [-0.2, 0) is 15.6 Å². The van der Waals surface area contributed by atoms with E-state index in [4.69, 9.17) is 0 Å². The second-order valence-corrected chi connectivity index (χ2v) is 8.75. The van der Waals surface area contributed by atoms with Crippen LogP contribution in [0, 0.1) is 19.7 Å². The molecule has 1 saturated heterocycles. The quantitative estimate of drug-likeness (QED) is 0.810. The van der Waals surface area contributed by atoms with Crippen LogP contribution in [0.4, 0.5) is 15.9 Å². The Morgan fingerprint density at radius 1 is 1.22 bits per heavy atom. The van der Waals surface area contributed by atoms with Crippen molar-refractivity contribution in [2.24, 2.45) is 0 Å². The van der Waals surface area contributed by atoms with Crippen LogP contribution in [0.3, 0.4) is 0 Å². The number of carbonyl (C=O) groups is 1. The van der Waals surface area contributed by atoms with E-state index < -0.39 is 16.8 Å². The molecule has 2 heterocycles. The lowest BCUT2D eigenvalue weighted by molar-refractivity contribution is -0.119. The summed E-state index contributed by atoms with van der Waals surface area (Å²) in [4.78, 5) is 21.6. The van der Waals surface area contributed by atoms with E-state index in [9.17, 15) is 13.4 Å². The fraction of sp³-hybridized carbons (Fsp3) is 0.400. The van der Waals surface area contributed by atoms with Crippen molar-refractivity contribution in [2.45, 2.75) is 38.8 Å². The number of carbonyl (C=O) groups excluding carboxylic acids is 1. The van der Waals surface area contributed by atoms with Gasteiger partial charge in [0.25, 0.3) is 5.91 Å². The maximum atomic E-state index is 13.4. The van der Waals surface area contributed by atoms with Gasteiger partial charge in [0.1, 0.15) is 17.7 Å². The summed E-state index contributed by atoms with van der Waals surface area (Å²) in [7, 11) is -1.11. The van der Waals surface area contributed by atoms with Crippen molar-refractivity contribution in [3.8, 4) is 0 Å². The minimum absolute atomic E-state index is 0.0871. The predicted octanol–water partition coefficient (Wildman–Crippen LogP) is 2.93. The molecule has 4 rings (SSSR count). The molecule has 5 nitrogen and oxygen atoms in total. The van der Waals surface area contributed by atoms with E-state index in [2.05, 4.69) is 4.98 Å². The number of nitrogens with zero attached hydrogens (tertiary/aromatic N) is 3. The second-order valence-electron chi connectivity index (χ2n) is 7.28. The molecule has 1 aromatic heterocycles. The molecule has 0 radical (unpaired) electrons. The summed E-state index contributed by atoms with van der Waals surface area (Å²) in [5.74, 6) is 0.860. The van der Waals surface area contributed by atoms with Crippen molar-refractivity contribution >= 4 is 28.2 Å². The summed E-state index contributed by atoms with van der Waals surface area (Å²) >= 11 is 0. The third-order valence-corrected chi connectivity index (χ3v) is 6.17. The van der Waals surface area contributed by atoms with Gasteiger partial charge in [-0.15, -0.1) is 0 Å². The van der Waals surface area contributed by atoms with Crippen molar-refractivity contribution in [3.05, 3.63) is 53.5 Å². The first kappa shape index (κ1) is 18.1. The van der Waals surface area contributed by atoms with Gasteiger partial charge < -0.3 is 9.80 Å². The zero-order valence-corrected chi connectivity index (χ0v) is 16.2. The average Bonchev–Trinajstić information content (AvgIpc) is 3.36. The summed E-state index contributed by atoms with van der Waals surface area (Å²) < 4.78 is 25.6. The van der Waals surface area contributed by atoms with Crippen molar-refractivity contribution in [1.29, 1.82) is 0 Å². The Balaban J connectivity index is 1.67. The molecular weight excluding hydrogens is 365 g/mol. The number of hydrogen-bond donors (Lipinski definition) is 0. The van der Waals surface area contributed by atoms with Crippen LogP contribution in [0.2, 0.25) is 0 Å². The molecule has 142 valence electrons. The Morgan fingerprint density at radius 3 is 2.56 bits per heavy atom. The van der Waals surface area contributed by atoms with Crippen LogP contribution >= 0.6 is 0 Å².